The molecule has 0 saturated carbocycles. The van der Waals surface area contributed by atoms with Gasteiger partial charge in [-0.2, -0.15) is 0 Å². The van der Waals surface area contributed by atoms with Crippen molar-refractivity contribution in [3.8, 4) is 0 Å². The van der Waals surface area contributed by atoms with Crippen molar-refractivity contribution in [1.82, 2.24) is 4.90 Å². The highest BCUT2D eigenvalue weighted by molar-refractivity contribution is 6.03. The fourth-order valence-electron chi connectivity index (χ4n) is 3.15. The molecule has 2 aromatic carbocycles. The molecule has 1 fully saturated rings. The van der Waals surface area contributed by atoms with Crippen LogP contribution >= 0.6 is 0 Å². The fraction of sp³-hybridized carbons (Fsp3) is 0.158. The van der Waals surface area contributed by atoms with E-state index in [2.05, 4.69) is 6.58 Å². The Bertz CT molecular complexity index is 742. The number of carbonyl (C=O) groups excluding carboxylic acids is 1. The van der Waals surface area contributed by atoms with Crippen molar-refractivity contribution < 1.29 is 14.7 Å². The zero-order valence-electron chi connectivity index (χ0n) is 12.6. The van der Waals surface area contributed by atoms with Crippen molar-refractivity contribution >= 4 is 11.9 Å². The number of amides is 1. The number of carboxylic acid groups (broad SMARTS) is 1. The smallest absolute Gasteiger partial charge is 0.332 e. The van der Waals surface area contributed by atoms with Gasteiger partial charge in [0.25, 0.3) is 5.91 Å². The second-order valence-electron chi connectivity index (χ2n) is 5.58. The zero-order chi connectivity index (χ0) is 16.4. The Balaban J connectivity index is 2.04. The Labute approximate surface area is 134 Å². The summed E-state index contributed by atoms with van der Waals surface area (Å²) in [5.41, 5.74) is 0.0531. The van der Waals surface area contributed by atoms with Gasteiger partial charge in [0.2, 0.25) is 0 Å². The Hall–Kier alpha value is -2.88. The van der Waals surface area contributed by atoms with Crippen molar-refractivity contribution in [2.75, 3.05) is 0 Å². The molecule has 1 N–H and O–H groups in total. The van der Waals surface area contributed by atoms with Crippen LogP contribution in [0, 0.1) is 0 Å². The number of hydrogen-bond acceptors (Lipinski definition) is 2. The molecule has 1 aliphatic heterocycles. The second kappa shape index (κ2) is 5.72. The van der Waals surface area contributed by atoms with Crippen molar-refractivity contribution in [2.45, 2.75) is 18.0 Å². The van der Waals surface area contributed by atoms with E-state index in [1.54, 1.807) is 30.3 Å². The summed E-state index contributed by atoms with van der Waals surface area (Å²) in [5, 5.41) is 9.79. The molecule has 1 aliphatic rings. The zero-order valence-corrected chi connectivity index (χ0v) is 12.6. The Morgan fingerprint density at radius 3 is 2.17 bits per heavy atom. The van der Waals surface area contributed by atoms with Gasteiger partial charge in [-0.05, 0) is 17.7 Å². The fourth-order valence-corrected chi connectivity index (χ4v) is 3.15. The number of hydrogen-bond donors (Lipinski definition) is 1. The third-order valence-electron chi connectivity index (χ3n) is 4.25. The molecule has 3 rings (SSSR count). The molecule has 0 bridgehead atoms. The maximum atomic E-state index is 12.8. The highest BCUT2D eigenvalue weighted by atomic mass is 16.4. The van der Waals surface area contributed by atoms with Crippen LogP contribution in [0.4, 0.5) is 0 Å². The maximum Gasteiger partial charge on any atom is 0.332 e. The van der Waals surface area contributed by atoms with Gasteiger partial charge in [-0.25, -0.2) is 4.79 Å². The van der Waals surface area contributed by atoms with Gasteiger partial charge in [-0.1, -0.05) is 54.6 Å². The number of aliphatic carboxylic acids is 1. The van der Waals surface area contributed by atoms with Crippen LogP contribution in [0.3, 0.4) is 0 Å². The number of carbonyl (C=O) groups is 2. The van der Waals surface area contributed by atoms with Crippen molar-refractivity contribution in [2.24, 2.45) is 0 Å². The SMILES string of the molecule is C=CC[C@]1(C(=O)O)[C@H](c2ccccc2)N1C(=O)c1ccccc1. The highest BCUT2D eigenvalue weighted by Gasteiger charge is 2.70. The van der Waals surface area contributed by atoms with E-state index in [0.29, 0.717) is 5.56 Å². The largest absolute Gasteiger partial charge is 0.479 e. The van der Waals surface area contributed by atoms with Gasteiger partial charge in [0.15, 0.2) is 5.54 Å². The summed E-state index contributed by atoms with van der Waals surface area (Å²) in [6.07, 6.45) is 1.77. The average molecular weight is 307 g/mol. The van der Waals surface area contributed by atoms with Gasteiger partial charge in [0, 0.05) is 12.0 Å². The average Bonchev–Trinajstić information content (AvgIpc) is 3.26. The lowest BCUT2D eigenvalue weighted by Crippen LogP contribution is -2.31. The highest BCUT2D eigenvalue weighted by Crippen LogP contribution is 2.56. The van der Waals surface area contributed by atoms with Gasteiger partial charge in [0.05, 0.1) is 6.04 Å². The first-order chi connectivity index (χ1) is 11.1. The van der Waals surface area contributed by atoms with E-state index in [4.69, 9.17) is 0 Å². The summed E-state index contributed by atoms with van der Waals surface area (Å²) in [6.45, 7) is 3.66. The molecular weight excluding hydrogens is 290 g/mol. The lowest BCUT2D eigenvalue weighted by molar-refractivity contribution is -0.141. The predicted octanol–water partition coefficient (Wildman–Crippen LogP) is 3.28. The molecular formula is C19H17NO3. The van der Waals surface area contributed by atoms with Gasteiger partial charge < -0.3 is 10.0 Å². The molecule has 1 heterocycles. The maximum absolute atomic E-state index is 12.8. The van der Waals surface area contributed by atoms with E-state index >= 15 is 0 Å². The Morgan fingerprint density at radius 2 is 1.65 bits per heavy atom. The van der Waals surface area contributed by atoms with Crippen LogP contribution in [0.1, 0.15) is 28.4 Å². The summed E-state index contributed by atoms with van der Waals surface area (Å²) in [5.74, 6) is -1.28. The molecule has 2 atom stereocenters. The lowest BCUT2D eigenvalue weighted by Gasteiger charge is -2.10. The standard InChI is InChI=1S/C19H17NO3/c1-2-13-19(18(22)23)16(14-9-5-3-6-10-14)20(19)17(21)15-11-7-4-8-12-15/h2-12,16H,1,13H2,(H,22,23)/t16-,19+,20?/m0/s1. The Kier molecular flexibility index (Phi) is 3.74. The van der Waals surface area contributed by atoms with Crippen LogP contribution in [-0.2, 0) is 4.79 Å². The molecule has 0 aliphatic carbocycles. The van der Waals surface area contributed by atoms with E-state index in [-0.39, 0.29) is 12.3 Å². The first-order valence-corrected chi connectivity index (χ1v) is 7.41. The molecule has 0 aromatic heterocycles. The van der Waals surface area contributed by atoms with Gasteiger partial charge in [0.1, 0.15) is 0 Å². The molecule has 116 valence electrons. The van der Waals surface area contributed by atoms with Gasteiger partial charge >= 0.3 is 5.97 Å². The quantitative estimate of drug-likeness (QED) is 0.681. The minimum absolute atomic E-state index is 0.209. The van der Waals surface area contributed by atoms with Crippen LogP contribution < -0.4 is 0 Å². The number of nitrogens with zero attached hydrogens (tertiary/aromatic N) is 1. The van der Waals surface area contributed by atoms with Crippen LogP contribution in [0.25, 0.3) is 0 Å². The van der Waals surface area contributed by atoms with E-state index in [9.17, 15) is 14.7 Å². The molecule has 4 nitrogen and oxygen atoms in total. The summed E-state index contributed by atoms with van der Waals surface area (Å²) in [6, 6.07) is 17.5. The number of benzene rings is 2. The molecule has 23 heavy (non-hydrogen) atoms. The minimum atomic E-state index is -1.25. The number of rotatable bonds is 5. The first kappa shape index (κ1) is 15.0. The second-order valence-corrected chi connectivity index (χ2v) is 5.58. The van der Waals surface area contributed by atoms with Crippen LogP contribution in [0.2, 0.25) is 0 Å². The molecule has 0 radical (unpaired) electrons. The molecule has 2 aromatic rings. The summed E-state index contributed by atoms with van der Waals surface area (Å²) >= 11 is 0. The first-order valence-electron chi connectivity index (χ1n) is 7.41. The van der Waals surface area contributed by atoms with Crippen LogP contribution in [-0.4, -0.2) is 27.4 Å². The van der Waals surface area contributed by atoms with Crippen molar-refractivity contribution in [1.29, 1.82) is 0 Å². The van der Waals surface area contributed by atoms with Gasteiger partial charge in [-0.15, -0.1) is 6.58 Å². The summed E-state index contributed by atoms with van der Waals surface area (Å²) in [4.78, 5) is 26.2. The van der Waals surface area contributed by atoms with E-state index in [0.717, 1.165) is 5.56 Å². The normalized spacial score (nSPS) is 22.4. The molecule has 0 unspecified atom stereocenters. The van der Waals surface area contributed by atoms with Crippen molar-refractivity contribution in [3.05, 3.63) is 84.4 Å². The van der Waals surface area contributed by atoms with Gasteiger partial charge in [-0.3, -0.25) is 4.79 Å². The molecule has 1 saturated heterocycles. The van der Waals surface area contributed by atoms with E-state index in [1.165, 1.54) is 4.90 Å². The van der Waals surface area contributed by atoms with Crippen molar-refractivity contribution in [3.63, 3.8) is 0 Å². The molecule has 0 spiro atoms. The molecule has 1 amide bonds. The minimum Gasteiger partial charge on any atom is -0.479 e. The molecule has 4 heteroatoms. The van der Waals surface area contributed by atoms with Crippen LogP contribution in [0.5, 0.6) is 0 Å². The third-order valence-corrected chi connectivity index (χ3v) is 4.25. The predicted molar refractivity (Wildman–Crippen MR) is 87.0 cm³/mol. The topological polar surface area (TPSA) is 57.4 Å². The third kappa shape index (κ3) is 2.32. The van der Waals surface area contributed by atoms with E-state index in [1.807, 2.05) is 36.4 Å². The number of carboxylic acids is 1. The Morgan fingerprint density at radius 1 is 1.09 bits per heavy atom. The van der Waals surface area contributed by atoms with E-state index < -0.39 is 17.6 Å². The lowest BCUT2D eigenvalue weighted by atomic mass is 9.96. The monoisotopic (exact) mass is 307 g/mol. The summed E-state index contributed by atoms with van der Waals surface area (Å²) in [7, 11) is 0. The van der Waals surface area contributed by atoms with Crippen LogP contribution in [0.15, 0.2) is 73.3 Å². The summed E-state index contributed by atoms with van der Waals surface area (Å²) < 4.78 is 0.